The van der Waals surface area contributed by atoms with Crippen LogP contribution in [0.25, 0.3) is 0 Å². The summed E-state index contributed by atoms with van der Waals surface area (Å²) in [5.74, 6) is 5.82. The molecule has 2 aromatic heterocycles. The first-order valence-corrected chi connectivity index (χ1v) is 5.42. The number of nitrogens with one attached hydrogen (secondary N) is 2. The summed E-state index contributed by atoms with van der Waals surface area (Å²) in [6.07, 6.45) is 2.09. The van der Waals surface area contributed by atoms with E-state index in [1.807, 2.05) is 6.92 Å². The fourth-order valence-electron chi connectivity index (χ4n) is 1.44. The van der Waals surface area contributed by atoms with E-state index in [2.05, 4.69) is 25.4 Å². The van der Waals surface area contributed by atoms with Gasteiger partial charge in [0, 0.05) is 17.3 Å². The summed E-state index contributed by atoms with van der Waals surface area (Å²) in [7, 11) is 0. The predicted molar refractivity (Wildman–Crippen MR) is 65.9 cm³/mol. The van der Waals surface area contributed by atoms with Crippen molar-refractivity contribution in [2.45, 2.75) is 13.3 Å². The molecule has 2 aromatic rings. The van der Waals surface area contributed by atoms with Gasteiger partial charge >= 0.3 is 0 Å². The van der Waals surface area contributed by atoms with Crippen LogP contribution in [0.4, 0.5) is 11.6 Å². The zero-order valence-electron chi connectivity index (χ0n) is 9.80. The summed E-state index contributed by atoms with van der Waals surface area (Å²) in [6, 6.07) is 4.83. The predicted octanol–water partition coefficient (Wildman–Crippen LogP) is 1.17. The molecule has 0 saturated heterocycles. The molecule has 0 radical (unpaired) electrons. The van der Waals surface area contributed by atoms with Crippen LogP contribution in [-0.2, 0) is 6.42 Å². The van der Waals surface area contributed by atoms with E-state index in [1.54, 1.807) is 18.2 Å². The van der Waals surface area contributed by atoms with Crippen LogP contribution in [0.1, 0.15) is 23.0 Å². The molecule has 0 aliphatic rings. The maximum absolute atomic E-state index is 12.0. The second kappa shape index (κ2) is 5.28. The van der Waals surface area contributed by atoms with Gasteiger partial charge in [0.15, 0.2) is 5.82 Å². The number of nitrogen functional groups attached to an aromatic ring is 1. The van der Waals surface area contributed by atoms with Crippen molar-refractivity contribution in [3.8, 4) is 0 Å². The minimum atomic E-state index is -0.294. The zero-order chi connectivity index (χ0) is 13.0. The summed E-state index contributed by atoms with van der Waals surface area (Å²) >= 11 is 0. The van der Waals surface area contributed by atoms with Crippen LogP contribution in [0, 0.1) is 0 Å². The summed E-state index contributed by atoms with van der Waals surface area (Å²) in [5, 5.41) is 6.20. The van der Waals surface area contributed by atoms with Gasteiger partial charge in [-0.05, 0) is 18.6 Å². The van der Waals surface area contributed by atoms with E-state index in [-0.39, 0.29) is 5.91 Å². The highest BCUT2D eigenvalue weighted by atomic mass is 16.5. The van der Waals surface area contributed by atoms with Crippen molar-refractivity contribution in [2.24, 2.45) is 5.84 Å². The van der Waals surface area contributed by atoms with E-state index < -0.39 is 0 Å². The quantitative estimate of drug-likeness (QED) is 0.553. The van der Waals surface area contributed by atoms with E-state index in [9.17, 15) is 4.79 Å². The molecule has 1 amide bonds. The van der Waals surface area contributed by atoms with Crippen LogP contribution in [0.5, 0.6) is 0 Å². The third kappa shape index (κ3) is 2.64. The molecule has 0 unspecified atom stereocenters. The number of aryl methyl sites for hydroxylation is 1. The number of hydrazine groups is 1. The van der Waals surface area contributed by atoms with Gasteiger partial charge < -0.3 is 15.3 Å². The van der Waals surface area contributed by atoms with Gasteiger partial charge in [-0.1, -0.05) is 12.1 Å². The number of hydrogen-bond acceptors (Lipinski definition) is 6. The Morgan fingerprint density at radius 2 is 2.28 bits per heavy atom. The van der Waals surface area contributed by atoms with Crippen LogP contribution in [0.2, 0.25) is 0 Å². The van der Waals surface area contributed by atoms with Crippen molar-refractivity contribution < 1.29 is 9.32 Å². The number of nitrogens with zero attached hydrogens (tertiary/aromatic N) is 2. The first kappa shape index (κ1) is 12.1. The van der Waals surface area contributed by atoms with E-state index in [0.29, 0.717) is 23.6 Å². The fourth-order valence-corrected chi connectivity index (χ4v) is 1.44. The average molecular weight is 247 g/mol. The number of hydrogen-bond donors (Lipinski definition) is 3. The van der Waals surface area contributed by atoms with Gasteiger partial charge in [0.1, 0.15) is 12.1 Å². The smallest absolute Gasteiger partial charge is 0.257 e. The molecule has 2 rings (SSSR count). The first-order valence-electron chi connectivity index (χ1n) is 5.42. The third-order valence-electron chi connectivity index (χ3n) is 2.33. The lowest BCUT2D eigenvalue weighted by atomic mass is 10.2. The molecule has 0 aliphatic heterocycles. The molecule has 0 spiro atoms. The van der Waals surface area contributed by atoms with Crippen LogP contribution in [-0.4, -0.2) is 16.0 Å². The second-order valence-electron chi connectivity index (χ2n) is 3.57. The van der Waals surface area contributed by atoms with Gasteiger partial charge in [-0.25, -0.2) is 10.8 Å². The van der Waals surface area contributed by atoms with Crippen LogP contribution in [0.3, 0.4) is 0 Å². The van der Waals surface area contributed by atoms with Gasteiger partial charge in [0.05, 0.1) is 0 Å². The molecular weight excluding hydrogens is 234 g/mol. The molecule has 2 heterocycles. The van der Waals surface area contributed by atoms with Crippen molar-refractivity contribution in [2.75, 3.05) is 10.7 Å². The highest BCUT2D eigenvalue weighted by Gasteiger charge is 2.10. The Bertz CT molecular complexity index is 516. The summed E-state index contributed by atoms with van der Waals surface area (Å²) in [6.45, 7) is 1.95. The number of anilines is 2. The Morgan fingerprint density at radius 3 is 2.89 bits per heavy atom. The number of pyridine rings is 1. The lowest BCUT2D eigenvalue weighted by molar-refractivity contribution is 0.102. The summed E-state index contributed by atoms with van der Waals surface area (Å²) < 4.78 is 4.63. The standard InChI is InChI=1S/C11H13N5O2/c1-2-8-5-7(6-10(13-8)15-12)11(17)14-9-3-4-18-16-9/h3-6H,2,12H2,1H3,(H,13,15)(H,14,16,17). The first-order chi connectivity index (χ1) is 8.72. The number of amides is 1. The van der Waals surface area contributed by atoms with Crippen molar-refractivity contribution in [3.05, 3.63) is 35.7 Å². The molecule has 18 heavy (non-hydrogen) atoms. The molecule has 7 heteroatoms. The molecule has 94 valence electrons. The van der Waals surface area contributed by atoms with Crippen LogP contribution in [0.15, 0.2) is 29.0 Å². The second-order valence-corrected chi connectivity index (χ2v) is 3.57. The number of rotatable bonds is 4. The molecule has 7 nitrogen and oxygen atoms in total. The van der Waals surface area contributed by atoms with Crippen molar-refractivity contribution in [1.82, 2.24) is 10.1 Å². The Balaban J connectivity index is 2.23. The topological polar surface area (TPSA) is 106 Å². The Hall–Kier alpha value is -2.41. The number of carbonyl (C=O) groups is 1. The Kier molecular flexibility index (Phi) is 3.54. The van der Waals surface area contributed by atoms with Gasteiger partial charge in [0.25, 0.3) is 5.91 Å². The molecule has 0 atom stereocenters. The summed E-state index contributed by atoms with van der Waals surface area (Å²) in [5.41, 5.74) is 3.66. The van der Waals surface area contributed by atoms with Gasteiger partial charge in [-0.15, -0.1) is 0 Å². The zero-order valence-corrected chi connectivity index (χ0v) is 9.80. The maximum atomic E-state index is 12.0. The Labute approximate surface area is 103 Å². The van der Waals surface area contributed by atoms with E-state index in [0.717, 1.165) is 5.69 Å². The number of aromatic nitrogens is 2. The lowest BCUT2D eigenvalue weighted by Gasteiger charge is -2.06. The monoisotopic (exact) mass is 247 g/mol. The highest BCUT2D eigenvalue weighted by molar-refractivity contribution is 6.04. The SMILES string of the molecule is CCc1cc(C(=O)Nc2ccon2)cc(NN)n1. The van der Waals surface area contributed by atoms with Gasteiger partial charge in [-0.3, -0.25) is 4.79 Å². The van der Waals surface area contributed by atoms with Crippen molar-refractivity contribution in [3.63, 3.8) is 0 Å². The maximum Gasteiger partial charge on any atom is 0.257 e. The minimum Gasteiger partial charge on any atom is -0.363 e. The fraction of sp³-hybridized carbons (Fsp3) is 0.182. The van der Waals surface area contributed by atoms with Gasteiger partial charge in [-0.2, -0.15) is 0 Å². The number of carbonyl (C=O) groups excluding carboxylic acids is 1. The molecule has 0 aliphatic carbocycles. The van der Waals surface area contributed by atoms with E-state index in [4.69, 9.17) is 5.84 Å². The number of nitrogens with two attached hydrogens (primary N) is 1. The molecule has 4 N–H and O–H groups in total. The molecule has 0 bridgehead atoms. The van der Waals surface area contributed by atoms with E-state index in [1.165, 1.54) is 6.26 Å². The molecule has 0 fully saturated rings. The normalized spacial score (nSPS) is 10.1. The van der Waals surface area contributed by atoms with Crippen LogP contribution >= 0.6 is 0 Å². The van der Waals surface area contributed by atoms with Crippen LogP contribution < -0.4 is 16.6 Å². The third-order valence-corrected chi connectivity index (χ3v) is 2.33. The average Bonchev–Trinajstić information content (AvgIpc) is 2.90. The van der Waals surface area contributed by atoms with Gasteiger partial charge in [0.2, 0.25) is 0 Å². The Morgan fingerprint density at radius 1 is 1.44 bits per heavy atom. The minimum absolute atomic E-state index is 0.294. The van der Waals surface area contributed by atoms with Crippen molar-refractivity contribution >= 4 is 17.5 Å². The molecule has 0 aromatic carbocycles. The van der Waals surface area contributed by atoms with E-state index >= 15 is 0 Å². The summed E-state index contributed by atoms with van der Waals surface area (Å²) in [4.78, 5) is 16.2. The molecular formula is C11H13N5O2. The highest BCUT2D eigenvalue weighted by Crippen LogP contribution is 2.12. The molecule has 0 saturated carbocycles. The van der Waals surface area contributed by atoms with Crippen molar-refractivity contribution in [1.29, 1.82) is 0 Å². The largest absolute Gasteiger partial charge is 0.363 e. The lowest BCUT2D eigenvalue weighted by Crippen LogP contribution is -2.15.